The largest absolute Gasteiger partial charge is 0.359 e. The van der Waals surface area contributed by atoms with Crippen molar-refractivity contribution in [3.8, 4) is 0 Å². The minimum Gasteiger partial charge on any atom is -0.359 e. The summed E-state index contributed by atoms with van der Waals surface area (Å²) in [7, 11) is 1.73. The summed E-state index contributed by atoms with van der Waals surface area (Å²) in [4.78, 5) is 14.5. The van der Waals surface area contributed by atoms with Crippen molar-refractivity contribution in [2.45, 2.75) is 25.8 Å². The molecule has 21 heavy (non-hydrogen) atoms. The third kappa shape index (κ3) is 2.45. The van der Waals surface area contributed by atoms with Gasteiger partial charge < -0.3 is 14.0 Å². The number of likely N-dealkylation sites (tertiary alicyclic amines) is 1. The Morgan fingerprint density at radius 2 is 2.19 bits per heavy atom. The lowest BCUT2D eigenvalue weighted by Gasteiger charge is -2.22. The number of aromatic nitrogens is 2. The topological polar surface area (TPSA) is 51.3 Å². The van der Waals surface area contributed by atoms with Gasteiger partial charge >= 0.3 is 0 Å². The summed E-state index contributed by atoms with van der Waals surface area (Å²) < 4.78 is 6.93. The highest BCUT2D eigenvalue weighted by Gasteiger charge is 2.34. The number of halogens is 2. The Morgan fingerprint density at radius 3 is 2.76 bits per heavy atom. The molecule has 1 fully saturated rings. The molecule has 112 valence electrons. The lowest BCUT2D eigenvalue weighted by atomic mass is 10.1. The molecule has 0 aliphatic carbocycles. The zero-order chi connectivity index (χ0) is 15.1. The number of hydrogen-bond donors (Lipinski definition) is 0. The molecule has 0 N–H and O–H groups in total. The SMILES string of the molecule is Cc1cc(C2CCCN2C(=O)c2cc(Cl)c(Cl)n2C)on1. The second-order valence-corrected chi connectivity index (χ2v) is 6.02. The molecule has 0 saturated carbocycles. The van der Waals surface area contributed by atoms with Gasteiger partial charge in [0, 0.05) is 19.7 Å². The number of hydrogen-bond acceptors (Lipinski definition) is 3. The van der Waals surface area contributed by atoms with Crippen LogP contribution >= 0.6 is 23.2 Å². The molecular weight excluding hydrogens is 313 g/mol. The molecule has 1 saturated heterocycles. The first-order valence-corrected chi connectivity index (χ1v) is 7.49. The molecule has 2 aromatic heterocycles. The number of aryl methyl sites for hydroxylation is 1. The van der Waals surface area contributed by atoms with Crippen LogP contribution in [0.25, 0.3) is 0 Å². The average Bonchev–Trinajstić information content (AvgIpc) is 3.14. The van der Waals surface area contributed by atoms with E-state index in [1.165, 1.54) is 0 Å². The highest BCUT2D eigenvalue weighted by molar-refractivity contribution is 6.41. The predicted octanol–water partition coefficient (Wildman–Crippen LogP) is 3.61. The molecule has 3 heterocycles. The van der Waals surface area contributed by atoms with Crippen LogP contribution in [0.1, 0.15) is 40.8 Å². The van der Waals surface area contributed by atoms with Gasteiger partial charge in [0.25, 0.3) is 5.91 Å². The quantitative estimate of drug-likeness (QED) is 0.846. The molecule has 7 heteroatoms. The van der Waals surface area contributed by atoms with Gasteiger partial charge in [0.1, 0.15) is 10.8 Å². The normalized spacial score (nSPS) is 18.5. The molecule has 1 aliphatic heterocycles. The summed E-state index contributed by atoms with van der Waals surface area (Å²) in [5.41, 5.74) is 1.29. The van der Waals surface area contributed by atoms with Crippen LogP contribution in [0.2, 0.25) is 10.2 Å². The van der Waals surface area contributed by atoms with Gasteiger partial charge in [-0.25, -0.2) is 0 Å². The first-order chi connectivity index (χ1) is 9.99. The Morgan fingerprint density at radius 1 is 1.43 bits per heavy atom. The molecule has 1 unspecified atom stereocenters. The van der Waals surface area contributed by atoms with E-state index in [-0.39, 0.29) is 11.9 Å². The fraction of sp³-hybridized carbons (Fsp3) is 0.429. The molecule has 0 bridgehead atoms. The number of rotatable bonds is 2. The van der Waals surface area contributed by atoms with Gasteiger partial charge in [-0.1, -0.05) is 28.4 Å². The van der Waals surface area contributed by atoms with Gasteiger partial charge in [0.2, 0.25) is 0 Å². The van der Waals surface area contributed by atoms with Gasteiger partial charge in [-0.15, -0.1) is 0 Å². The van der Waals surface area contributed by atoms with E-state index >= 15 is 0 Å². The lowest BCUT2D eigenvalue weighted by molar-refractivity contribution is 0.0705. The Balaban J connectivity index is 1.91. The number of carbonyl (C=O) groups is 1. The highest BCUT2D eigenvalue weighted by atomic mass is 35.5. The summed E-state index contributed by atoms with van der Waals surface area (Å²) in [5, 5.41) is 4.65. The van der Waals surface area contributed by atoms with Crippen molar-refractivity contribution in [1.29, 1.82) is 0 Å². The monoisotopic (exact) mass is 327 g/mol. The molecule has 3 rings (SSSR count). The minimum atomic E-state index is -0.0946. The van der Waals surface area contributed by atoms with Gasteiger partial charge in [0.05, 0.1) is 16.8 Å². The van der Waals surface area contributed by atoms with E-state index in [4.69, 9.17) is 27.7 Å². The van der Waals surface area contributed by atoms with E-state index in [9.17, 15) is 4.79 Å². The maximum absolute atomic E-state index is 12.7. The molecule has 1 atom stereocenters. The van der Waals surface area contributed by atoms with E-state index in [2.05, 4.69) is 5.16 Å². The van der Waals surface area contributed by atoms with E-state index < -0.39 is 0 Å². The molecule has 0 spiro atoms. The molecule has 2 aromatic rings. The van der Waals surface area contributed by atoms with Crippen molar-refractivity contribution < 1.29 is 9.32 Å². The summed E-state index contributed by atoms with van der Waals surface area (Å²) in [6.45, 7) is 2.55. The van der Waals surface area contributed by atoms with Crippen molar-refractivity contribution >= 4 is 29.1 Å². The van der Waals surface area contributed by atoms with E-state index in [1.54, 1.807) is 22.6 Å². The second-order valence-electron chi connectivity index (χ2n) is 5.25. The van der Waals surface area contributed by atoms with Crippen molar-refractivity contribution in [2.24, 2.45) is 7.05 Å². The third-order valence-electron chi connectivity index (χ3n) is 3.82. The first kappa shape index (κ1) is 14.5. The van der Waals surface area contributed by atoms with E-state index in [0.29, 0.717) is 22.4 Å². The molecule has 5 nitrogen and oxygen atoms in total. The Labute approximate surface area is 132 Å². The summed E-state index contributed by atoms with van der Waals surface area (Å²) in [6.07, 6.45) is 1.80. The molecule has 0 aromatic carbocycles. The predicted molar refractivity (Wildman–Crippen MR) is 79.7 cm³/mol. The Hall–Kier alpha value is -1.46. The van der Waals surface area contributed by atoms with Crippen LogP contribution in [0.4, 0.5) is 0 Å². The zero-order valence-electron chi connectivity index (χ0n) is 11.8. The highest BCUT2D eigenvalue weighted by Crippen LogP contribution is 2.35. The van der Waals surface area contributed by atoms with Crippen LogP contribution < -0.4 is 0 Å². The molecule has 1 amide bonds. The van der Waals surface area contributed by atoms with Gasteiger partial charge in [-0.05, 0) is 25.8 Å². The Bertz CT molecular complexity index is 692. The van der Waals surface area contributed by atoms with Gasteiger partial charge in [-0.2, -0.15) is 0 Å². The van der Waals surface area contributed by atoms with E-state index in [1.807, 2.05) is 13.0 Å². The standard InChI is InChI=1S/C14H15Cl2N3O2/c1-8-6-12(21-17-8)10-4-3-5-19(10)14(20)11-7-9(15)13(16)18(11)2/h6-7,10H,3-5H2,1-2H3. The van der Waals surface area contributed by atoms with Crippen molar-refractivity contribution in [3.63, 3.8) is 0 Å². The smallest absolute Gasteiger partial charge is 0.271 e. The summed E-state index contributed by atoms with van der Waals surface area (Å²) >= 11 is 12.0. The Kier molecular flexibility index (Phi) is 3.71. The van der Waals surface area contributed by atoms with Crippen LogP contribution in [0.5, 0.6) is 0 Å². The summed E-state index contributed by atoms with van der Waals surface area (Å²) in [5.74, 6) is 0.632. The minimum absolute atomic E-state index is 0.0776. The second kappa shape index (κ2) is 5.39. The van der Waals surface area contributed by atoms with Crippen LogP contribution in [0.3, 0.4) is 0 Å². The number of carbonyl (C=O) groups excluding carboxylic acids is 1. The maximum atomic E-state index is 12.7. The van der Waals surface area contributed by atoms with Crippen LogP contribution in [0, 0.1) is 6.92 Å². The van der Waals surface area contributed by atoms with Gasteiger partial charge in [0.15, 0.2) is 5.76 Å². The summed E-state index contributed by atoms with van der Waals surface area (Å²) in [6, 6.07) is 3.40. The third-order valence-corrected chi connectivity index (χ3v) is 4.67. The van der Waals surface area contributed by atoms with Crippen molar-refractivity contribution in [1.82, 2.24) is 14.6 Å². The average molecular weight is 328 g/mol. The van der Waals surface area contributed by atoms with Crippen LogP contribution in [-0.4, -0.2) is 27.1 Å². The first-order valence-electron chi connectivity index (χ1n) is 6.74. The maximum Gasteiger partial charge on any atom is 0.271 e. The van der Waals surface area contributed by atoms with Crippen LogP contribution in [-0.2, 0) is 7.05 Å². The fourth-order valence-corrected chi connectivity index (χ4v) is 3.12. The fourth-order valence-electron chi connectivity index (χ4n) is 2.74. The molecular formula is C14H15Cl2N3O2. The lowest BCUT2D eigenvalue weighted by Crippen LogP contribution is -2.31. The van der Waals surface area contributed by atoms with E-state index in [0.717, 1.165) is 24.3 Å². The van der Waals surface area contributed by atoms with Crippen molar-refractivity contribution in [2.75, 3.05) is 6.54 Å². The zero-order valence-corrected chi connectivity index (χ0v) is 13.3. The van der Waals surface area contributed by atoms with Gasteiger partial charge in [-0.3, -0.25) is 4.79 Å². The molecule has 0 radical (unpaired) electrons. The number of amides is 1. The number of nitrogens with zero attached hydrogens (tertiary/aromatic N) is 3. The van der Waals surface area contributed by atoms with Crippen LogP contribution in [0.15, 0.2) is 16.7 Å². The van der Waals surface area contributed by atoms with Crippen molar-refractivity contribution in [3.05, 3.63) is 39.5 Å². The molecule has 1 aliphatic rings.